The molecule has 0 heterocycles. The highest BCUT2D eigenvalue weighted by Gasteiger charge is 2.78. The van der Waals surface area contributed by atoms with Crippen LogP contribution in [-0.2, 0) is 9.53 Å². The fourth-order valence-electron chi connectivity index (χ4n) is 2.20. The normalized spacial score (nSPS) is 12.7. The van der Waals surface area contributed by atoms with Crippen molar-refractivity contribution in [3.8, 4) is 16.9 Å². The largest absolute Gasteiger partial charge is 0.479 e. The predicted molar refractivity (Wildman–Crippen MR) is 85.9 cm³/mol. The smallest absolute Gasteiger partial charge is 0.437 e. The fraction of sp³-hybridized carbons (Fsp3) is 0.235. The lowest BCUT2D eigenvalue weighted by Crippen LogP contribution is -2.64. The zero-order chi connectivity index (χ0) is 21.2. The molecular formula is C17H11ClF6O4. The zero-order valence-electron chi connectivity index (χ0n) is 13.6. The number of carboxylic acid groups (broad SMARTS) is 1. The van der Waals surface area contributed by atoms with Crippen molar-refractivity contribution in [2.24, 2.45) is 0 Å². The molecule has 0 saturated heterocycles. The summed E-state index contributed by atoms with van der Waals surface area (Å²) in [7, 11) is 0. The number of hydrogen-bond donors (Lipinski definition) is 1. The maximum Gasteiger partial charge on any atom is 0.437 e. The van der Waals surface area contributed by atoms with Crippen molar-refractivity contribution >= 4 is 17.6 Å². The lowest BCUT2D eigenvalue weighted by molar-refractivity contribution is -0.375. The molecule has 28 heavy (non-hydrogen) atoms. The highest BCUT2D eigenvalue weighted by Crippen LogP contribution is 2.46. The molecule has 0 unspecified atom stereocenters. The number of carbonyl (C=O) groups is 1. The first-order valence-corrected chi connectivity index (χ1v) is 7.76. The Morgan fingerprint density at radius 2 is 1.29 bits per heavy atom. The molecule has 0 amide bonds. The Kier molecular flexibility index (Phi) is 6.15. The van der Waals surface area contributed by atoms with Crippen LogP contribution >= 0.6 is 11.6 Å². The SMILES string of the molecule is O=C(O)C(OCOc1ccc(-c2ccc(Cl)cc2)cc1)(C(F)(F)F)C(F)(F)F. The summed E-state index contributed by atoms with van der Waals surface area (Å²) in [4.78, 5) is 10.8. The number of alkyl halides is 6. The molecule has 4 nitrogen and oxygen atoms in total. The Hall–Kier alpha value is -2.46. The first-order chi connectivity index (χ1) is 12.9. The van der Waals surface area contributed by atoms with Crippen molar-refractivity contribution < 1.29 is 45.7 Å². The number of hydrogen-bond acceptors (Lipinski definition) is 3. The molecule has 0 bridgehead atoms. The lowest BCUT2D eigenvalue weighted by atomic mass is 10.0. The minimum absolute atomic E-state index is 0.124. The third-order valence-electron chi connectivity index (χ3n) is 3.63. The van der Waals surface area contributed by atoms with E-state index in [0.29, 0.717) is 10.6 Å². The molecular weight excluding hydrogens is 418 g/mol. The summed E-state index contributed by atoms with van der Waals surface area (Å²) in [6, 6.07) is 12.2. The van der Waals surface area contributed by atoms with Gasteiger partial charge in [-0.25, -0.2) is 4.79 Å². The Bertz CT molecular complexity index is 802. The zero-order valence-corrected chi connectivity index (χ0v) is 14.4. The Morgan fingerprint density at radius 1 is 0.857 bits per heavy atom. The average molecular weight is 429 g/mol. The molecule has 0 aromatic heterocycles. The molecule has 11 heteroatoms. The van der Waals surface area contributed by atoms with E-state index in [1.807, 2.05) is 0 Å². The molecule has 0 atom stereocenters. The van der Waals surface area contributed by atoms with Crippen molar-refractivity contribution in [1.29, 1.82) is 0 Å². The fourth-order valence-corrected chi connectivity index (χ4v) is 2.33. The van der Waals surface area contributed by atoms with Gasteiger partial charge in [0.05, 0.1) is 0 Å². The quantitative estimate of drug-likeness (QED) is 0.500. The molecule has 0 aliphatic rings. The van der Waals surface area contributed by atoms with Gasteiger partial charge in [-0.3, -0.25) is 0 Å². The van der Waals surface area contributed by atoms with Gasteiger partial charge in [0.1, 0.15) is 5.75 Å². The summed E-state index contributed by atoms with van der Waals surface area (Å²) >= 11 is 5.77. The van der Waals surface area contributed by atoms with E-state index in [-0.39, 0.29) is 5.75 Å². The van der Waals surface area contributed by atoms with Gasteiger partial charge in [-0.15, -0.1) is 0 Å². The number of benzene rings is 2. The highest BCUT2D eigenvalue weighted by molar-refractivity contribution is 6.30. The van der Waals surface area contributed by atoms with Crippen LogP contribution in [0, 0.1) is 0 Å². The van der Waals surface area contributed by atoms with Gasteiger partial charge in [-0.2, -0.15) is 26.3 Å². The third kappa shape index (κ3) is 4.33. The molecule has 0 aliphatic carbocycles. The number of carboxylic acids is 1. The molecule has 0 aliphatic heterocycles. The highest BCUT2D eigenvalue weighted by atomic mass is 35.5. The molecule has 2 aromatic rings. The summed E-state index contributed by atoms with van der Waals surface area (Å²) < 4.78 is 85.3. The summed E-state index contributed by atoms with van der Waals surface area (Å²) in [5.41, 5.74) is -3.97. The van der Waals surface area contributed by atoms with Crippen LogP contribution in [0.1, 0.15) is 0 Å². The maximum atomic E-state index is 12.8. The monoisotopic (exact) mass is 428 g/mol. The van der Waals surface area contributed by atoms with E-state index < -0.39 is 30.7 Å². The number of rotatable bonds is 6. The standard InChI is InChI=1S/C17H11ClF6O4/c18-12-5-1-10(2-6-12)11-3-7-13(8-4-11)27-9-28-15(14(25)26,16(19,20)21)17(22,23)24/h1-8H,9H2,(H,25,26). The van der Waals surface area contributed by atoms with Gasteiger partial charge in [-0.05, 0) is 35.4 Å². The van der Waals surface area contributed by atoms with Crippen LogP contribution in [0.2, 0.25) is 5.02 Å². The minimum Gasteiger partial charge on any atom is -0.479 e. The molecule has 2 aromatic carbocycles. The molecule has 0 saturated carbocycles. The molecule has 0 spiro atoms. The lowest BCUT2D eigenvalue weighted by Gasteiger charge is -2.32. The number of halogens is 7. The number of ether oxygens (including phenoxy) is 2. The molecule has 2 rings (SSSR count). The van der Waals surface area contributed by atoms with Crippen LogP contribution in [-0.4, -0.2) is 35.8 Å². The van der Waals surface area contributed by atoms with Gasteiger partial charge < -0.3 is 14.6 Å². The Balaban J connectivity index is 2.12. The van der Waals surface area contributed by atoms with Crippen LogP contribution in [0.25, 0.3) is 11.1 Å². The van der Waals surface area contributed by atoms with Crippen molar-refractivity contribution in [3.05, 3.63) is 53.6 Å². The van der Waals surface area contributed by atoms with Gasteiger partial charge in [-0.1, -0.05) is 35.9 Å². The van der Waals surface area contributed by atoms with Gasteiger partial charge in [0.25, 0.3) is 0 Å². The van der Waals surface area contributed by atoms with Crippen molar-refractivity contribution in [3.63, 3.8) is 0 Å². The van der Waals surface area contributed by atoms with Crippen molar-refractivity contribution in [2.75, 3.05) is 6.79 Å². The molecule has 1 N–H and O–H groups in total. The minimum atomic E-state index is -6.25. The van der Waals surface area contributed by atoms with E-state index in [2.05, 4.69) is 4.74 Å². The first-order valence-electron chi connectivity index (χ1n) is 7.38. The second-order valence-corrected chi connectivity index (χ2v) is 5.86. The van der Waals surface area contributed by atoms with Crippen LogP contribution in [0.15, 0.2) is 48.5 Å². The van der Waals surface area contributed by atoms with Crippen molar-refractivity contribution in [2.45, 2.75) is 18.0 Å². The summed E-state index contributed by atoms with van der Waals surface area (Å²) in [5.74, 6) is -3.37. The van der Waals surface area contributed by atoms with Crippen LogP contribution in [0.4, 0.5) is 26.3 Å². The third-order valence-corrected chi connectivity index (χ3v) is 3.88. The van der Waals surface area contributed by atoms with Gasteiger partial charge in [0.15, 0.2) is 6.79 Å². The van der Waals surface area contributed by atoms with Crippen LogP contribution < -0.4 is 4.74 Å². The Morgan fingerprint density at radius 3 is 1.68 bits per heavy atom. The van der Waals surface area contributed by atoms with E-state index in [1.54, 1.807) is 24.3 Å². The Labute approximate surface area is 159 Å². The van der Waals surface area contributed by atoms with Gasteiger partial charge in [0, 0.05) is 5.02 Å². The van der Waals surface area contributed by atoms with Gasteiger partial charge >= 0.3 is 23.9 Å². The van der Waals surface area contributed by atoms with E-state index >= 15 is 0 Å². The van der Waals surface area contributed by atoms with Crippen molar-refractivity contribution in [1.82, 2.24) is 0 Å². The summed E-state index contributed by atoms with van der Waals surface area (Å²) in [6.07, 6.45) is -12.5. The second kappa shape index (κ2) is 7.88. The average Bonchev–Trinajstić information content (AvgIpc) is 2.57. The van der Waals surface area contributed by atoms with Gasteiger partial charge in [0.2, 0.25) is 0 Å². The maximum absolute atomic E-state index is 12.8. The second-order valence-electron chi connectivity index (χ2n) is 5.42. The van der Waals surface area contributed by atoms with E-state index in [0.717, 1.165) is 5.56 Å². The first kappa shape index (κ1) is 21.8. The van der Waals surface area contributed by atoms with E-state index in [4.69, 9.17) is 21.4 Å². The molecule has 0 radical (unpaired) electrons. The molecule has 0 fully saturated rings. The van der Waals surface area contributed by atoms with E-state index in [9.17, 15) is 31.1 Å². The predicted octanol–water partition coefficient (Wildman–Crippen LogP) is 5.31. The van der Waals surface area contributed by atoms with Crippen LogP contribution in [0.5, 0.6) is 5.75 Å². The topological polar surface area (TPSA) is 55.8 Å². The van der Waals surface area contributed by atoms with E-state index in [1.165, 1.54) is 24.3 Å². The number of aliphatic carboxylic acids is 1. The summed E-state index contributed by atoms with van der Waals surface area (Å²) in [5, 5.41) is 9.06. The van der Waals surface area contributed by atoms with Crippen LogP contribution in [0.3, 0.4) is 0 Å². The summed E-state index contributed by atoms with van der Waals surface area (Å²) in [6.45, 7) is -1.59. The molecule has 152 valence electrons.